The van der Waals surface area contributed by atoms with Crippen LogP contribution in [-0.4, -0.2) is 20.5 Å². The summed E-state index contributed by atoms with van der Waals surface area (Å²) in [6.07, 6.45) is 6.04. The van der Waals surface area contributed by atoms with Crippen molar-refractivity contribution in [3.8, 4) is 0 Å². The van der Waals surface area contributed by atoms with Crippen LogP contribution in [0, 0.1) is 6.92 Å². The van der Waals surface area contributed by atoms with Crippen molar-refractivity contribution in [2.45, 2.75) is 20.3 Å². The molecule has 0 atom stereocenters. The fraction of sp³-hybridized carbons (Fsp3) is 0.308. The largest absolute Gasteiger partial charge is 0.282 e. The fourth-order valence-electron chi connectivity index (χ4n) is 1.23. The van der Waals surface area contributed by atoms with Crippen LogP contribution in [0.25, 0.3) is 0 Å². The highest BCUT2D eigenvalue weighted by Gasteiger charge is 2.07. The number of nitrogens with zero attached hydrogens (tertiary/aromatic N) is 1. The van der Waals surface area contributed by atoms with Gasteiger partial charge in [0.05, 0.1) is 0 Å². The number of hydrogen-bond donors (Lipinski definition) is 1. The molecule has 0 aliphatic rings. The molecule has 0 radical (unpaired) electrons. The van der Waals surface area contributed by atoms with E-state index in [1.807, 2.05) is 32.1 Å². The predicted molar refractivity (Wildman–Crippen MR) is 76.5 cm³/mol. The van der Waals surface area contributed by atoms with Crippen LogP contribution < -0.4 is 4.72 Å². The maximum Gasteiger partial charge on any atom is 0.253 e. The van der Waals surface area contributed by atoms with Gasteiger partial charge in [0.25, 0.3) is 10.0 Å². The van der Waals surface area contributed by atoms with Gasteiger partial charge >= 0.3 is 0 Å². The number of anilines is 1. The smallest absolute Gasteiger partial charge is 0.253 e. The Bertz CT molecular complexity index is 516. The highest BCUT2D eigenvalue weighted by atomic mass is 32.2. The molecule has 1 N–H and O–H groups in total. The van der Waals surface area contributed by atoms with E-state index >= 15 is 0 Å². The van der Waals surface area contributed by atoms with Crippen molar-refractivity contribution < 1.29 is 8.42 Å². The van der Waals surface area contributed by atoms with Gasteiger partial charge < -0.3 is 0 Å². The molecule has 18 heavy (non-hydrogen) atoms. The molecule has 0 spiro atoms. The Morgan fingerprint density at radius 2 is 1.94 bits per heavy atom. The molecule has 0 amide bonds. The maximum absolute atomic E-state index is 11.7. The first kappa shape index (κ1) is 14.4. The quantitative estimate of drug-likeness (QED) is 0.805. The van der Waals surface area contributed by atoms with E-state index in [1.54, 1.807) is 18.2 Å². The lowest BCUT2D eigenvalue weighted by molar-refractivity contribution is 0.601. The minimum atomic E-state index is -3.42. The van der Waals surface area contributed by atoms with Crippen molar-refractivity contribution in [3.63, 3.8) is 0 Å². The Morgan fingerprint density at radius 3 is 2.56 bits per heavy atom. The molecule has 1 aromatic carbocycles. The molecule has 0 aliphatic heterocycles. The lowest BCUT2D eigenvalue weighted by atomic mass is 10.2. The Labute approximate surface area is 109 Å². The topological polar surface area (TPSA) is 58.5 Å². The summed E-state index contributed by atoms with van der Waals surface area (Å²) in [6, 6.07) is 7.16. The molecule has 0 fully saturated rings. The Kier molecular flexibility index (Phi) is 5.58. The standard InChI is InChI=1S/C13H18N2O2S/c1-3-4-5-10-14-11-18(16,17)15-13-8-6-12(2)7-9-13/h4-10,15H,3,11H2,1-2H3/b5-4-,14-10?. The molecular formula is C13H18N2O2S. The molecule has 0 aliphatic carbocycles. The van der Waals surface area contributed by atoms with Gasteiger partial charge in [0.15, 0.2) is 5.88 Å². The van der Waals surface area contributed by atoms with Gasteiger partial charge in [-0.15, -0.1) is 0 Å². The van der Waals surface area contributed by atoms with E-state index in [0.29, 0.717) is 5.69 Å². The van der Waals surface area contributed by atoms with Crippen LogP contribution in [0.4, 0.5) is 5.69 Å². The van der Waals surface area contributed by atoms with E-state index in [1.165, 1.54) is 6.21 Å². The number of aliphatic imine (C=N–C) groups is 1. The Hall–Kier alpha value is -1.62. The summed E-state index contributed by atoms with van der Waals surface area (Å²) in [5.41, 5.74) is 1.64. The molecule has 0 bridgehead atoms. The van der Waals surface area contributed by atoms with Crippen LogP contribution in [0.15, 0.2) is 41.4 Å². The SMILES string of the molecule is CC/C=C\C=NCS(=O)(=O)Nc1ccc(C)cc1. The van der Waals surface area contributed by atoms with Crippen LogP contribution in [0.3, 0.4) is 0 Å². The molecule has 1 rings (SSSR count). The van der Waals surface area contributed by atoms with Crippen LogP contribution in [0.5, 0.6) is 0 Å². The summed E-state index contributed by atoms with van der Waals surface area (Å²) in [5.74, 6) is -0.269. The Balaban J connectivity index is 2.57. The van der Waals surface area contributed by atoms with Gasteiger partial charge in [0.1, 0.15) is 0 Å². The molecule has 0 aromatic heterocycles. The van der Waals surface area contributed by atoms with E-state index < -0.39 is 10.0 Å². The monoisotopic (exact) mass is 266 g/mol. The van der Waals surface area contributed by atoms with Crippen LogP contribution in [0.2, 0.25) is 0 Å². The molecular weight excluding hydrogens is 248 g/mol. The predicted octanol–water partition coefficient (Wildman–Crippen LogP) is 2.73. The zero-order valence-electron chi connectivity index (χ0n) is 10.6. The van der Waals surface area contributed by atoms with Crippen molar-refractivity contribution in [3.05, 3.63) is 42.0 Å². The number of rotatable bonds is 6. The second-order valence-electron chi connectivity index (χ2n) is 3.88. The highest BCUT2D eigenvalue weighted by Crippen LogP contribution is 2.10. The molecule has 5 heteroatoms. The summed E-state index contributed by atoms with van der Waals surface area (Å²) in [4.78, 5) is 3.83. The van der Waals surface area contributed by atoms with E-state index in [0.717, 1.165) is 12.0 Å². The summed E-state index contributed by atoms with van der Waals surface area (Å²) >= 11 is 0. The van der Waals surface area contributed by atoms with Crippen molar-refractivity contribution in [2.75, 3.05) is 10.6 Å². The second kappa shape index (κ2) is 6.96. The highest BCUT2D eigenvalue weighted by molar-refractivity contribution is 7.92. The zero-order valence-corrected chi connectivity index (χ0v) is 11.4. The third-order valence-electron chi connectivity index (χ3n) is 2.13. The van der Waals surface area contributed by atoms with E-state index in [9.17, 15) is 8.42 Å². The first-order valence-corrected chi connectivity index (χ1v) is 7.41. The number of hydrogen-bond acceptors (Lipinski definition) is 3. The van der Waals surface area contributed by atoms with Crippen LogP contribution >= 0.6 is 0 Å². The molecule has 0 heterocycles. The third-order valence-corrected chi connectivity index (χ3v) is 3.17. The minimum absolute atomic E-state index is 0.269. The number of nitrogens with one attached hydrogen (secondary N) is 1. The van der Waals surface area contributed by atoms with Crippen LogP contribution in [0.1, 0.15) is 18.9 Å². The van der Waals surface area contributed by atoms with Gasteiger partial charge in [-0.1, -0.05) is 30.7 Å². The van der Waals surface area contributed by atoms with Gasteiger partial charge in [-0.2, -0.15) is 0 Å². The average molecular weight is 266 g/mol. The number of sulfonamides is 1. The van der Waals surface area contributed by atoms with Gasteiger partial charge in [0, 0.05) is 11.9 Å². The van der Waals surface area contributed by atoms with Crippen molar-refractivity contribution >= 4 is 21.9 Å². The van der Waals surface area contributed by atoms with Gasteiger partial charge in [-0.3, -0.25) is 9.71 Å². The average Bonchev–Trinajstić information content (AvgIpc) is 2.31. The van der Waals surface area contributed by atoms with Crippen LogP contribution in [-0.2, 0) is 10.0 Å². The van der Waals surface area contributed by atoms with E-state index in [2.05, 4.69) is 9.71 Å². The van der Waals surface area contributed by atoms with E-state index in [4.69, 9.17) is 0 Å². The second-order valence-corrected chi connectivity index (χ2v) is 5.57. The number of aryl methyl sites for hydroxylation is 1. The first-order valence-electron chi connectivity index (χ1n) is 5.75. The number of benzene rings is 1. The van der Waals surface area contributed by atoms with E-state index in [-0.39, 0.29) is 5.88 Å². The fourth-order valence-corrected chi connectivity index (χ4v) is 2.07. The van der Waals surface area contributed by atoms with Crippen molar-refractivity contribution in [2.24, 2.45) is 4.99 Å². The first-order chi connectivity index (χ1) is 8.53. The third kappa shape index (κ3) is 5.63. The number of allylic oxidation sites excluding steroid dienone is 2. The normalized spacial score (nSPS) is 12.3. The van der Waals surface area contributed by atoms with Crippen molar-refractivity contribution in [1.82, 2.24) is 0 Å². The Morgan fingerprint density at radius 1 is 1.28 bits per heavy atom. The van der Waals surface area contributed by atoms with Gasteiger partial charge in [-0.05, 0) is 31.6 Å². The lowest BCUT2D eigenvalue weighted by Crippen LogP contribution is -2.15. The minimum Gasteiger partial charge on any atom is -0.282 e. The maximum atomic E-state index is 11.7. The molecule has 98 valence electrons. The summed E-state index contributed by atoms with van der Waals surface area (Å²) < 4.78 is 25.8. The molecule has 4 nitrogen and oxygen atoms in total. The van der Waals surface area contributed by atoms with Crippen molar-refractivity contribution in [1.29, 1.82) is 0 Å². The zero-order chi connectivity index (χ0) is 13.4. The molecule has 1 aromatic rings. The lowest BCUT2D eigenvalue weighted by Gasteiger charge is -2.05. The summed E-state index contributed by atoms with van der Waals surface area (Å²) in [7, 11) is -3.42. The molecule has 0 saturated carbocycles. The van der Waals surface area contributed by atoms with Gasteiger partial charge in [-0.25, -0.2) is 8.42 Å². The molecule has 0 saturated heterocycles. The summed E-state index contributed by atoms with van der Waals surface area (Å²) in [5, 5.41) is 0. The van der Waals surface area contributed by atoms with Gasteiger partial charge in [0.2, 0.25) is 0 Å². The molecule has 0 unspecified atom stereocenters. The summed E-state index contributed by atoms with van der Waals surface area (Å²) in [6.45, 7) is 3.95.